The number of benzene rings is 1. The smallest absolute Gasteiger partial charge is 0.133 e. The zero-order chi connectivity index (χ0) is 12.7. The van der Waals surface area contributed by atoms with Crippen LogP contribution in [0.3, 0.4) is 0 Å². The van der Waals surface area contributed by atoms with Gasteiger partial charge in [-0.3, -0.25) is 0 Å². The van der Waals surface area contributed by atoms with Crippen LogP contribution in [0.15, 0.2) is 16.6 Å². The Balaban J connectivity index is 2.74. The SMILES string of the molecule is COc1cc(CSCCCN)c(OC)cc1Br. The first kappa shape index (κ1) is 14.7. The van der Waals surface area contributed by atoms with Crippen LogP contribution in [0.5, 0.6) is 11.5 Å². The summed E-state index contributed by atoms with van der Waals surface area (Å²) in [5, 5.41) is 0. The van der Waals surface area contributed by atoms with Crippen molar-refractivity contribution in [3.05, 3.63) is 22.2 Å². The lowest BCUT2D eigenvalue weighted by Gasteiger charge is -2.12. The largest absolute Gasteiger partial charge is 0.496 e. The topological polar surface area (TPSA) is 44.5 Å². The normalized spacial score (nSPS) is 10.4. The van der Waals surface area contributed by atoms with Crippen LogP contribution in [0.4, 0.5) is 0 Å². The summed E-state index contributed by atoms with van der Waals surface area (Å²) in [6.45, 7) is 0.744. The molecule has 3 nitrogen and oxygen atoms in total. The Morgan fingerprint density at radius 3 is 2.53 bits per heavy atom. The lowest BCUT2D eigenvalue weighted by molar-refractivity contribution is 0.398. The van der Waals surface area contributed by atoms with Gasteiger partial charge in [-0.2, -0.15) is 11.8 Å². The molecule has 0 unspecified atom stereocenters. The first-order valence-corrected chi connectivity index (χ1v) is 7.36. The molecular formula is C12H18BrNO2S. The minimum Gasteiger partial charge on any atom is -0.496 e. The van der Waals surface area contributed by atoms with Gasteiger partial charge in [-0.15, -0.1) is 0 Å². The maximum atomic E-state index is 5.47. The van der Waals surface area contributed by atoms with E-state index in [-0.39, 0.29) is 0 Å². The molecule has 0 saturated heterocycles. The molecule has 0 amide bonds. The fraction of sp³-hybridized carbons (Fsp3) is 0.500. The van der Waals surface area contributed by atoms with E-state index in [1.165, 1.54) is 0 Å². The Morgan fingerprint density at radius 2 is 1.94 bits per heavy atom. The molecule has 0 aromatic heterocycles. The Morgan fingerprint density at radius 1 is 1.24 bits per heavy atom. The van der Waals surface area contributed by atoms with E-state index in [1.54, 1.807) is 14.2 Å². The van der Waals surface area contributed by atoms with Gasteiger partial charge < -0.3 is 15.2 Å². The number of hydrogen-bond acceptors (Lipinski definition) is 4. The number of ether oxygens (including phenoxy) is 2. The Bertz CT molecular complexity index is 361. The summed E-state index contributed by atoms with van der Waals surface area (Å²) in [5.74, 6) is 3.70. The van der Waals surface area contributed by atoms with Crippen LogP contribution in [0.2, 0.25) is 0 Å². The highest BCUT2D eigenvalue weighted by Gasteiger charge is 2.09. The molecule has 0 spiro atoms. The molecule has 1 aromatic carbocycles. The van der Waals surface area contributed by atoms with Gasteiger partial charge in [-0.05, 0) is 46.8 Å². The van der Waals surface area contributed by atoms with Gasteiger partial charge >= 0.3 is 0 Å². The molecule has 5 heteroatoms. The van der Waals surface area contributed by atoms with E-state index < -0.39 is 0 Å². The molecule has 0 radical (unpaired) electrons. The highest BCUT2D eigenvalue weighted by atomic mass is 79.9. The van der Waals surface area contributed by atoms with Crippen molar-refractivity contribution in [2.45, 2.75) is 12.2 Å². The summed E-state index contributed by atoms with van der Waals surface area (Å²) < 4.78 is 11.5. The van der Waals surface area contributed by atoms with Crippen LogP contribution < -0.4 is 15.2 Å². The molecule has 0 fully saturated rings. The molecule has 1 rings (SSSR count). The molecule has 17 heavy (non-hydrogen) atoms. The summed E-state index contributed by atoms with van der Waals surface area (Å²) in [7, 11) is 3.35. The third-order valence-electron chi connectivity index (χ3n) is 2.31. The van der Waals surface area contributed by atoms with Crippen molar-refractivity contribution in [1.29, 1.82) is 0 Å². The van der Waals surface area contributed by atoms with Crippen molar-refractivity contribution < 1.29 is 9.47 Å². The quantitative estimate of drug-likeness (QED) is 0.784. The zero-order valence-corrected chi connectivity index (χ0v) is 12.6. The molecular weight excluding hydrogens is 302 g/mol. The molecule has 0 atom stereocenters. The molecule has 0 aliphatic heterocycles. The van der Waals surface area contributed by atoms with E-state index in [1.807, 2.05) is 23.9 Å². The lowest BCUT2D eigenvalue weighted by Crippen LogP contribution is -2.00. The lowest BCUT2D eigenvalue weighted by atomic mass is 10.2. The monoisotopic (exact) mass is 319 g/mol. The first-order valence-electron chi connectivity index (χ1n) is 5.41. The average molecular weight is 320 g/mol. The van der Waals surface area contributed by atoms with Crippen molar-refractivity contribution >= 4 is 27.7 Å². The highest BCUT2D eigenvalue weighted by Crippen LogP contribution is 2.34. The standard InChI is InChI=1S/C12H18BrNO2S/c1-15-11-7-10(13)12(16-2)6-9(11)8-17-5-3-4-14/h6-7H,3-5,8,14H2,1-2H3. The van der Waals surface area contributed by atoms with Crippen molar-refractivity contribution in [2.75, 3.05) is 26.5 Å². The molecule has 0 aliphatic rings. The predicted molar refractivity (Wildman–Crippen MR) is 77.1 cm³/mol. The summed E-state index contributed by atoms with van der Waals surface area (Å²) in [6.07, 6.45) is 1.04. The van der Waals surface area contributed by atoms with Crippen molar-refractivity contribution in [3.63, 3.8) is 0 Å². The van der Waals surface area contributed by atoms with Crippen LogP contribution >= 0.6 is 27.7 Å². The predicted octanol–water partition coefficient (Wildman–Crippen LogP) is 3.05. The van der Waals surface area contributed by atoms with E-state index >= 15 is 0 Å². The summed E-state index contributed by atoms with van der Waals surface area (Å²) in [4.78, 5) is 0. The highest BCUT2D eigenvalue weighted by molar-refractivity contribution is 9.10. The molecule has 1 aromatic rings. The first-order chi connectivity index (χ1) is 8.22. The van der Waals surface area contributed by atoms with Crippen molar-refractivity contribution in [2.24, 2.45) is 5.73 Å². The number of methoxy groups -OCH3 is 2. The zero-order valence-electron chi connectivity index (χ0n) is 10.2. The Kier molecular flexibility index (Phi) is 6.77. The van der Waals surface area contributed by atoms with Crippen LogP contribution in [-0.4, -0.2) is 26.5 Å². The molecule has 96 valence electrons. The summed E-state index contributed by atoms with van der Waals surface area (Å²) in [6, 6.07) is 3.95. The van der Waals surface area contributed by atoms with E-state index in [9.17, 15) is 0 Å². The number of thioether (sulfide) groups is 1. The second kappa shape index (κ2) is 7.84. The second-order valence-electron chi connectivity index (χ2n) is 3.49. The van der Waals surface area contributed by atoms with Crippen LogP contribution in [0.1, 0.15) is 12.0 Å². The van der Waals surface area contributed by atoms with Crippen molar-refractivity contribution in [3.8, 4) is 11.5 Å². The van der Waals surface area contributed by atoms with Gasteiger partial charge in [0.05, 0.1) is 18.7 Å². The van der Waals surface area contributed by atoms with E-state index in [2.05, 4.69) is 15.9 Å². The summed E-state index contributed by atoms with van der Waals surface area (Å²) >= 11 is 5.30. The molecule has 2 N–H and O–H groups in total. The van der Waals surface area contributed by atoms with Gasteiger partial charge in [0.2, 0.25) is 0 Å². The van der Waals surface area contributed by atoms with Gasteiger partial charge in [0, 0.05) is 11.3 Å². The van der Waals surface area contributed by atoms with Gasteiger partial charge in [0.1, 0.15) is 11.5 Å². The van der Waals surface area contributed by atoms with Crippen LogP contribution in [-0.2, 0) is 5.75 Å². The third kappa shape index (κ3) is 4.41. The van der Waals surface area contributed by atoms with E-state index in [4.69, 9.17) is 15.2 Å². The molecule has 0 aliphatic carbocycles. The van der Waals surface area contributed by atoms with Crippen LogP contribution in [0.25, 0.3) is 0 Å². The van der Waals surface area contributed by atoms with Gasteiger partial charge in [0.25, 0.3) is 0 Å². The van der Waals surface area contributed by atoms with Crippen LogP contribution in [0, 0.1) is 0 Å². The maximum Gasteiger partial charge on any atom is 0.133 e. The number of hydrogen-bond donors (Lipinski definition) is 1. The number of rotatable bonds is 7. The van der Waals surface area contributed by atoms with E-state index in [0.29, 0.717) is 0 Å². The maximum absolute atomic E-state index is 5.47. The molecule has 0 bridgehead atoms. The minimum absolute atomic E-state index is 0.744. The number of nitrogens with two attached hydrogens (primary N) is 1. The van der Waals surface area contributed by atoms with Crippen molar-refractivity contribution in [1.82, 2.24) is 0 Å². The fourth-order valence-corrected chi connectivity index (χ4v) is 2.85. The summed E-state index contributed by atoms with van der Waals surface area (Å²) in [5.41, 5.74) is 6.61. The Hall–Kier alpha value is -0.390. The molecule has 0 saturated carbocycles. The average Bonchev–Trinajstić information content (AvgIpc) is 2.35. The minimum atomic E-state index is 0.744. The molecule has 0 heterocycles. The Labute approximate surface area is 115 Å². The van der Waals surface area contributed by atoms with E-state index in [0.717, 1.165) is 46.0 Å². The van der Waals surface area contributed by atoms with Gasteiger partial charge in [0.15, 0.2) is 0 Å². The fourth-order valence-electron chi connectivity index (χ4n) is 1.40. The third-order valence-corrected chi connectivity index (χ3v) is 4.02. The number of halogens is 1. The van der Waals surface area contributed by atoms with Gasteiger partial charge in [-0.1, -0.05) is 0 Å². The van der Waals surface area contributed by atoms with Gasteiger partial charge in [-0.25, -0.2) is 0 Å². The second-order valence-corrected chi connectivity index (χ2v) is 5.45.